The van der Waals surface area contributed by atoms with Crippen LogP contribution in [0.1, 0.15) is 28.4 Å². The second kappa shape index (κ2) is 7.75. The summed E-state index contributed by atoms with van der Waals surface area (Å²) in [6.45, 7) is 2.61. The number of aromatic nitrogens is 1. The number of rotatable bonds is 2. The number of carbonyl (C=O) groups excluding carboxylic acids is 1. The zero-order chi connectivity index (χ0) is 21.5. The molecule has 0 fully saturated rings. The molecule has 0 radical (unpaired) electrons. The van der Waals surface area contributed by atoms with E-state index in [2.05, 4.69) is 46.7 Å². The normalized spacial score (nSPS) is 15.7. The van der Waals surface area contributed by atoms with Crippen LogP contribution in [0.5, 0.6) is 0 Å². The molecule has 1 aliphatic rings. The molecule has 0 unspecified atom stereocenters. The van der Waals surface area contributed by atoms with Crippen molar-refractivity contribution in [3.05, 3.63) is 100.0 Å². The van der Waals surface area contributed by atoms with Gasteiger partial charge in [-0.15, -0.1) is 0 Å². The van der Waals surface area contributed by atoms with Crippen molar-refractivity contribution in [3.63, 3.8) is 0 Å². The Morgan fingerprint density at radius 2 is 1.90 bits per heavy atom. The summed E-state index contributed by atoms with van der Waals surface area (Å²) >= 11 is 5.89. The number of anilines is 1. The third kappa shape index (κ3) is 3.55. The first-order chi connectivity index (χ1) is 15.0. The minimum absolute atomic E-state index is 0.0237. The number of amides is 2. The van der Waals surface area contributed by atoms with E-state index in [9.17, 15) is 9.18 Å². The number of aryl methyl sites for hydroxylation is 1. The summed E-state index contributed by atoms with van der Waals surface area (Å²) < 4.78 is 13.5. The monoisotopic (exact) mass is 433 g/mol. The Bertz CT molecular complexity index is 1280. The number of fused-ring (bicyclic) bond motifs is 3. The fourth-order valence-electron chi connectivity index (χ4n) is 4.32. The van der Waals surface area contributed by atoms with Crippen LogP contribution in [0.25, 0.3) is 10.9 Å². The number of benzene rings is 3. The van der Waals surface area contributed by atoms with Gasteiger partial charge in [-0.25, -0.2) is 9.18 Å². The minimum Gasteiger partial charge on any atom is -0.356 e. The standard InChI is InChI=1S/C25H21ClFN3O/c1-15-6-8-16(9-7-15)24-23-19(18-4-2-3-5-22(18)29-23)12-13-30(24)25(31)28-17-10-11-21(27)20(26)14-17/h2-11,14,24,29H,12-13H2,1H3,(H,28,31)/t24-/m0/s1. The van der Waals surface area contributed by atoms with Crippen molar-refractivity contribution in [1.29, 1.82) is 0 Å². The molecule has 156 valence electrons. The zero-order valence-electron chi connectivity index (χ0n) is 17.0. The van der Waals surface area contributed by atoms with E-state index in [4.69, 9.17) is 11.6 Å². The Balaban J connectivity index is 1.56. The lowest BCUT2D eigenvalue weighted by Gasteiger charge is -2.36. The van der Waals surface area contributed by atoms with Gasteiger partial charge in [0.05, 0.1) is 11.1 Å². The molecule has 31 heavy (non-hydrogen) atoms. The summed E-state index contributed by atoms with van der Waals surface area (Å²) in [6, 6.07) is 20.1. The van der Waals surface area contributed by atoms with Crippen molar-refractivity contribution in [2.24, 2.45) is 0 Å². The number of H-pyrrole nitrogens is 1. The first kappa shape index (κ1) is 19.6. The Morgan fingerprint density at radius 3 is 2.68 bits per heavy atom. The Hall–Kier alpha value is -3.31. The number of aromatic amines is 1. The smallest absolute Gasteiger partial charge is 0.322 e. The lowest BCUT2D eigenvalue weighted by atomic mass is 9.92. The van der Waals surface area contributed by atoms with E-state index < -0.39 is 5.82 Å². The molecule has 5 rings (SSSR count). The molecule has 4 aromatic rings. The average Bonchev–Trinajstić information content (AvgIpc) is 3.15. The van der Waals surface area contributed by atoms with E-state index in [1.807, 2.05) is 24.0 Å². The van der Waals surface area contributed by atoms with Crippen LogP contribution in [0, 0.1) is 12.7 Å². The molecule has 2 amide bonds. The maximum atomic E-state index is 13.5. The van der Waals surface area contributed by atoms with E-state index in [0.29, 0.717) is 12.2 Å². The van der Waals surface area contributed by atoms with Crippen LogP contribution in [0.2, 0.25) is 5.02 Å². The van der Waals surface area contributed by atoms with Crippen LogP contribution in [0.4, 0.5) is 14.9 Å². The topological polar surface area (TPSA) is 48.1 Å². The predicted octanol–water partition coefficient (Wildman–Crippen LogP) is 6.45. The summed E-state index contributed by atoms with van der Waals surface area (Å²) in [4.78, 5) is 18.7. The van der Waals surface area contributed by atoms with Gasteiger partial charge in [-0.1, -0.05) is 59.6 Å². The van der Waals surface area contributed by atoms with Crippen molar-refractivity contribution in [2.45, 2.75) is 19.4 Å². The Labute approximate surface area is 184 Å². The number of para-hydroxylation sites is 1. The fourth-order valence-corrected chi connectivity index (χ4v) is 4.50. The van der Waals surface area contributed by atoms with E-state index >= 15 is 0 Å². The third-order valence-corrected chi connectivity index (χ3v) is 6.15. The number of nitrogens with zero attached hydrogens (tertiary/aromatic N) is 1. The summed E-state index contributed by atoms with van der Waals surface area (Å²) in [5, 5.41) is 4.05. The van der Waals surface area contributed by atoms with E-state index in [1.165, 1.54) is 29.1 Å². The van der Waals surface area contributed by atoms with Gasteiger partial charge < -0.3 is 15.2 Å². The number of hydrogen-bond donors (Lipinski definition) is 2. The van der Waals surface area contributed by atoms with Crippen molar-refractivity contribution >= 4 is 34.2 Å². The third-order valence-electron chi connectivity index (χ3n) is 5.86. The first-order valence-electron chi connectivity index (χ1n) is 10.2. The molecule has 4 nitrogen and oxygen atoms in total. The van der Waals surface area contributed by atoms with Crippen LogP contribution in [-0.2, 0) is 6.42 Å². The van der Waals surface area contributed by atoms with E-state index in [1.54, 1.807) is 0 Å². The van der Waals surface area contributed by atoms with Gasteiger partial charge in [0.2, 0.25) is 0 Å². The molecule has 1 atom stereocenters. The van der Waals surface area contributed by atoms with Gasteiger partial charge in [0, 0.05) is 28.8 Å². The molecule has 0 spiro atoms. The number of halogens is 2. The highest BCUT2D eigenvalue weighted by Crippen LogP contribution is 2.38. The van der Waals surface area contributed by atoms with Gasteiger partial charge in [-0.3, -0.25) is 0 Å². The summed E-state index contributed by atoms with van der Waals surface area (Å²) in [7, 11) is 0. The average molecular weight is 434 g/mol. The molecule has 2 N–H and O–H groups in total. The first-order valence-corrected chi connectivity index (χ1v) is 10.6. The molecule has 6 heteroatoms. The zero-order valence-corrected chi connectivity index (χ0v) is 17.7. The van der Waals surface area contributed by atoms with Crippen molar-refractivity contribution in [3.8, 4) is 0 Å². The van der Waals surface area contributed by atoms with Crippen LogP contribution in [0.3, 0.4) is 0 Å². The SMILES string of the molecule is Cc1ccc([C@H]2c3[nH]c4ccccc4c3CCN2C(=O)Nc2ccc(F)c(Cl)c2)cc1. The van der Waals surface area contributed by atoms with Gasteiger partial charge in [-0.2, -0.15) is 0 Å². The van der Waals surface area contributed by atoms with E-state index in [-0.39, 0.29) is 17.1 Å². The fraction of sp³-hybridized carbons (Fsp3) is 0.160. The molecule has 0 saturated carbocycles. The Morgan fingerprint density at radius 1 is 1.13 bits per heavy atom. The number of urea groups is 1. The van der Waals surface area contributed by atoms with Crippen LogP contribution < -0.4 is 5.32 Å². The van der Waals surface area contributed by atoms with Crippen LogP contribution in [0.15, 0.2) is 66.7 Å². The molecular weight excluding hydrogens is 413 g/mol. The predicted molar refractivity (Wildman–Crippen MR) is 122 cm³/mol. The molecule has 0 saturated heterocycles. The molecule has 3 aromatic carbocycles. The second-order valence-electron chi connectivity index (χ2n) is 7.88. The largest absolute Gasteiger partial charge is 0.356 e. The van der Waals surface area contributed by atoms with Crippen LogP contribution >= 0.6 is 11.6 Å². The minimum atomic E-state index is -0.516. The number of carbonyl (C=O) groups is 1. The molecule has 2 heterocycles. The van der Waals surface area contributed by atoms with Gasteiger partial charge in [0.1, 0.15) is 5.82 Å². The van der Waals surface area contributed by atoms with Crippen molar-refractivity contribution in [1.82, 2.24) is 9.88 Å². The molecule has 0 aliphatic carbocycles. The lowest BCUT2D eigenvalue weighted by Crippen LogP contribution is -2.43. The maximum absolute atomic E-state index is 13.5. The number of hydrogen-bond acceptors (Lipinski definition) is 1. The maximum Gasteiger partial charge on any atom is 0.322 e. The van der Waals surface area contributed by atoms with Crippen molar-refractivity contribution in [2.75, 3.05) is 11.9 Å². The highest BCUT2D eigenvalue weighted by atomic mass is 35.5. The molecular formula is C25H21ClFN3O. The van der Waals surface area contributed by atoms with Gasteiger partial charge in [-0.05, 0) is 48.7 Å². The quantitative estimate of drug-likeness (QED) is 0.375. The number of nitrogens with one attached hydrogen (secondary N) is 2. The molecule has 1 aromatic heterocycles. The van der Waals surface area contributed by atoms with Gasteiger partial charge >= 0.3 is 6.03 Å². The van der Waals surface area contributed by atoms with Crippen LogP contribution in [-0.4, -0.2) is 22.5 Å². The summed E-state index contributed by atoms with van der Waals surface area (Å²) in [6.07, 6.45) is 0.749. The summed E-state index contributed by atoms with van der Waals surface area (Å²) in [5.41, 5.74) is 6.00. The van der Waals surface area contributed by atoms with E-state index in [0.717, 1.165) is 28.8 Å². The highest BCUT2D eigenvalue weighted by molar-refractivity contribution is 6.31. The van der Waals surface area contributed by atoms with Gasteiger partial charge in [0.25, 0.3) is 0 Å². The highest BCUT2D eigenvalue weighted by Gasteiger charge is 2.34. The molecule has 0 bridgehead atoms. The van der Waals surface area contributed by atoms with Gasteiger partial charge in [0.15, 0.2) is 0 Å². The van der Waals surface area contributed by atoms with Crippen molar-refractivity contribution < 1.29 is 9.18 Å². The lowest BCUT2D eigenvalue weighted by molar-refractivity contribution is 0.193. The summed E-state index contributed by atoms with van der Waals surface area (Å²) in [5.74, 6) is -0.516. The second-order valence-corrected chi connectivity index (χ2v) is 8.29. The Kier molecular flexibility index (Phi) is 4.91. The molecule has 1 aliphatic heterocycles.